The zero-order valence-electron chi connectivity index (χ0n) is 13.2. The van der Waals surface area contributed by atoms with E-state index in [0.29, 0.717) is 12.0 Å². The molecule has 1 aliphatic heterocycles. The van der Waals surface area contributed by atoms with Crippen molar-refractivity contribution in [2.75, 3.05) is 19.8 Å². The molecule has 0 radical (unpaired) electrons. The number of likely N-dealkylation sites (N-methyl/N-ethyl adjacent to an activating group) is 1. The second kappa shape index (κ2) is 7.24. The second-order valence-corrected chi connectivity index (χ2v) is 6.37. The highest BCUT2D eigenvalue weighted by molar-refractivity contribution is 5.28. The fraction of sp³-hybridized carbons (Fsp3) is 0.667. The Bertz CT molecular complexity index is 382. The molecule has 0 amide bonds. The monoisotopic (exact) mass is 275 g/mol. The van der Waals surface area contributed by atoms with Gasteiger partial charge in [0.1, 0.15) is 0 Å². The minimum atomic E-state index is 0.236. The molecule has 1 heterocycles. The summed E-state index contributed by atoms with van der Waals surface area (Å²) in [6, 6.07) is 11.6. The fourth-order valence-corrected chi connectivity index (χ4v) is 3.57. The maximum atomic E-state index is 5.65. The molecule has 2 nitrogen and oxygen atoms in total. The molecule has 0 aromatic heterocycles. The van der Waals surface area contributed by atoms with Crippen molar-refractivity contribution >= 4 is 0 Å². The van der Waals surface area contributed by atoms with Gasteiger partial charge >= 0.3 is 0 Å². The van der Waals surface area contributed by atoms with E-state index in [1.165, 1.54) is 12.0 Å². The van der Waals surface area contributed by atoms with E-state index < -0.39 is 0 Å². The number of hydrogen-bond acceptors (Lipinski definition) is 2. The van der Waals surface area contributed by atoms with Crippen molar-refractivity contribution in [2.45, 2.75) is 51.5 Å². The molecule has 112 valence electrons. The van der Waals surface area contributed by atoms with E-state index >= 15 is 0 Å². The summed E-state index contributed by atoms with van der Waals surface area (Å²) in [5.41, 5.74) is 1.72. The van der Waals surface area contributed by atoms with Crippen LogP contribution in [0.15, 0.2) is 30.3 Å². The molecular formula is C18H29NO. The van der Waals surface area contributed by atoms with Gasteiger partial charge in [-0.25, -0.2) is 0 Å². The van der Waals surface area contributed by atoms with Crippen molar-refractivity contribution in [2.24, 2.45) is 5.92 Å². The predicted octanol–water partition coefficient (Wildman–Crippen LogP) is 3.76. The standard InChI is InChI=1S/C18H29NO/c1-4-19-17(14-15(2)3)18(10-12-20-13-11-18)16-8-6-5-7-9-16/h5-9,15,17,19H,4,10-14H2,1-3H3. The van der Waals surface area contributed by atoms with E-state index in [1.54, 1.807) is 0 Å². The lowest BCUT2D eigenvalue weighted by atomic mass is 9.67. The predicted molar refractivity (Wildman–Crippen MR) is 85.1 cm³/mol. The van der Waals surface area contributed by atoms with E-state index in [1.807, 2.05) is 0 Å². The van der Waals surface area contributed by atoms with Gasteiger partial charge in [-0.3, -0.25) is 0 Å². The van der Waals surface area contributed by atoms with Crippen LogP contribution in [0.5, 0.6) is 0 Å². The normalized spacial score (nSPS) is 20.0. The topological polar surface area (TPSA) is 21.3 Å². The van der Waals surface area contributed by atoms with Crippen LogP contribution in [0.3, 0.4) is 0 Å². The molecule has 2 rings (SSSR count). The Hall–Kier alpha value is -0.860. The maximum Gasteiger partial charge on any atom is 0.0475 e. The van der Waals surface area contributed by atoms with Gasteiger partial charge in [0.25, 0.3) is 0 Å². The lowest BCUT2D eigenvalue weighted by Gasteiger charge is -2.45. The Labute approximate surface area is 123 Å². The minimum Gasteiger partial charge on any atom is -0.381 e. The molecule has 0 saturated carbocycles. The second-order valence-electron chi connectivity index (χ2n) is 6.37. The molecular weight excluding hydrogens is 246 g/mol. The summed E-state index contributed by atoms with van der Waals surface area (Å²) in [7, 11) is 0. The molecule has 1 N–H and O–H groups in total. The summed E-state index contributed by atoms with van der Waals surface area (Å²) in [6.07, 6.45) is 3.48. The van der Waals surface area contributed by atoms with Crippen LogP contribution in [0.1, 0.15) is 45.6 Å². The molecule has 1 fully saturated rings. The highest BCUT2D eigenvalue weighted by Crippen LogP contribution is 2.40. The first-order chi connectivity index (χ1) is 9.69. The largest absolute Gasteiger partial charge is 0.381 e. The Morgan fingerprint density at radius 2 is 1.80 bits per heavy atom. The Morgan fingerprint density at radius 3 is 2.35 bits per heavy atom. The number of ether oxygens (including phenoxy) is 1. The summed E-state index contributed by atoms with van der Waals surface area (Å²) in [6.45, 7) is 9.66. The summed E-state index contributed by atoms with van der Waals surface area (Å²) >= 11 is 0. The third-order valence-electron chi connectivity index (χ3n) is 4.56. The number of benzene rings is 1. The number of nitrogens with one attached hydrogen (secondary N) is 1. The van der Waals surface area contributed by atoms with Crippen LogP contribution in [0.2, 0.25) is 0 Å². The molecule has 1 aromatic carbocycles. The Balaban J connectivity index is 2.33. The van der Waals surface area contributed by atoms with Gasteiger partial charge < -0.3 is 10.1 Å². The smallest absolute Gasteiger partial charge is 0.0475 e. The average Bonchev–Trinajstić information content (AvgIpc) is 2.48. The SMILES string of the molecule is CCNC(CC(C)C)C1(c2ccccc2)CCOCC1. The molecule has 0 bridgehead atoms. The first-order valence-electron chi connectivity index (χ1n) is 8.05. The molecule has 1 unspecified atom stereocenters. The van der Waals surface area contributed by atoms with Gasteiger partial charge in [-0.15, -0.1) is 0 Å². The third-order valence-corrected chi connectivity index (χ3v) is 4.56. The van der Waals surface area contributed by atoms with Crippen LogP contribution in [-0.4, -0.2) is 25.8 Å². The molecule has 1 aromatic rings. The first kappa shape index (κ1) is 15.5. The van der Waals surface area contributed by atoms with Crippen LogP contribution >= 0.6 is 0 Å². The number of hydrogen-bond donors (Lipinski definition) is 1. The zero-order chi connectivity index (χ0) is 14.4. The summed E-state index contributed by atoms with van der Waals surface area (Å²) in [5.74, 6) is 0.711. The van der Waals surface area contributed by atoms with Crippen LogP contribution in [0.4, 0.5) is 0 Å². The number of rotatable bonds is 6. The minimum absolute atomic E-state index is 0.236. The molecule has 0 aliphatic carbocycles. The fourth-order valence-electron chi connectivity index (χ4n) is 3.57. The van der Waals surface area contributed by atoms with Crippen LogP contribution in [0.25, 0.3) is 0 Å². The van der Waals surface area contributed by atoms with Crippen molar-refractivity contribution in [3.63, 3.8) is 0 Å². The highest BCUT2D eigenvalue weighted by Gasteiger charge is 2.41. The molecule has 20 heavy (non-hydrogen) atoms. The molecule has 1 aliphatic rings. The van der Waals surface area contributed by atoms with Crippen LogP contribution in [-0.2, 0) is 10.2 Å². The molecule has 2 heteroatoms. The lowest BCUT2D eigenvalue weighted by Crippen LogP contribution is -2.52. The molecule has 0 spiro atoms. The van der Waals surface area contributed by atoms with Gasteiger partial charge in [0.2, 0.25) is 0 Å². The van der Waals surface area contributed by atoms with Crippen molar-refractivity contribution in [1.82, 2.24) is 5.32 Å². The van der Waals surface area contributed by atoms with Crippen molar-refractivity contribution in [3.05, 3.63) is 35.9 Å². The van der Waals surface area contributed by atoms with Gasteiger partial charge in [-0.1, -0.05) is 51.1 Å². The van der Waals surface area contributed by atoms with Gasteiger partial charge in [0.05, 0.1) is 0 Å². The molecule has 1 atom stereocenters. The van der Waals surface area contributed by atoms with Gasteiger partial charge in [-0.05, 0) is 37.3 Å². The quantitative estimate of drug-likeness (QED) is 0.853. The highest BCUT2D eigenvalue weighted by atomic mass is 16.5. The maximum absolute atomic E-state index is 5.65. The Kier molecular flexibility index (Phi) is 5.62. The first-order valence-corrected chi connectivity index (χ1v) is 8.05. The summed E-state index contributed by atoms with van der Waals surface area (Å²) in [5, 5.41) is 3.77. The van der Waals surface area contributed by atoms with E-state index in [-0.39, 0.29) is 5.41 Å². The van der Waals surface area contributed by atoms with Gasteiger partial charge in [0.15, 0.2) is 0 Å². The van der Waals surface area contributed by atoms with Crippen molar-refractivity contribution in [1.29, 1.82) is 0 Å². The van der Waals surface area contributed by atoms with Crippen LogP contribution in [0, 0.1) is 5.92 Å². The van der Waals surface area contributed by atoms with E-state index in [9.17, 15) is 0 Å². The Morgan fingerprint density at radius 1 is 1.15 bits per heavy atom. The van der Waals surface area contributed by atoms with Gasteiger partial charge in [-0.2, -0.15) is 0 Å². The van der Waals surface area contributed by atoms with Crippen LogP contribution < -0.4 is 5.32 Å². The lowest BCUT2D eigenvalue weighted by molar-refractivity contribution is 0.0312. The van der Waals surface area contributed by atoms with Gasteiger partial charge in [0, 0.05) is 24.7 Å². The third kappa shape index (κ3) is 3.42. The van der Waals surface area contributed by atoms with Crippen molar-refractivity contribution < 1.29 is 4.74 Å². The van der Waals surface area contributed by atoms with E-state index in [0.717, 1.165) is 32.6 Å². The van der Waals surface area contributed by atoms with Crippen molar-refractivity contribution in [3.8, 4) is 0 Å². The summed E-state index contributed by atoms with van der Waals surface area (Å²) in [4.78, 5) is 0. The van der Waals surface area contributed by atoms with E-state index in [4.69, 9.17) is 4.74 Å². The molecule has 1 saturated heterocycles. The zero-order valence-corrected chi connectivity index (χ0v) is 13.2. The average molecular weight is 275 g/mol. The summed E-state index contributed by atoms with van der Waals surface area (Å²) < 4.78 is 5.65. The van der Waals surface area contributed by atoms with E-state index in [2.05, 4.69) is 56.4 Å².